The molecule has 5 nitrogen and oxygen atoms in total. The van der Waals surface area contributed by atoms with Gasteiger partial charge in [-0.3, -0.25) is 9.59 Å². The van der Waals surface area contributed by atoms with Gasteiger partial charge in [-0.2, -0.15) is 0 Å². The van der Waals surface area contributed by atoms with E-state index in [2.05, 4.69) is 5.32 Å². The zero-order valence-corrected chi connectivity index (χ0v) is 15.6. The lowest BCUT2D eigenvalue weighted by atomic mass is 10.0. The first-order valence-electron chi connectivity index (χ1n) is 8.45. The standard InChI is InChI=1S/C18H27N3O2.ClH/c1-4-21(5-2)18(23)15-8-6-14(7-9-15)17(22)20(3)16-10-12-19-13-11-16;/h6-9,16,19H,4-5,10-13H2,1-3H3;1H. The van der Waals surface area contributed by atoms with Gasteiger partial charge < -0.3 is 15.1 Å². The lowest BCUT2D eigenvalue weighted by Crippen LogP contribution is -2.43. The smallest absolute Gasteiger partial charge is 0.253 e. The first kappa shape index (κ1) is 20.5. The Morgan fingerprint density at radius 2 is 1.46 bits per heavy atom. The minimum atomic E-state index is 0. The molecule has 1 saturated heterocycles. The number of nitrogens with zero attached hydrogens (tertiary/aromatic N) is 2. The second kappa shape index (κ2) is 9.64. The average molecular weight is 354 g/mol. The van der Waals surface area contributed by atoms with Crippen molar-refractivity contribution in [2.24, 2.45) is 0 Å². The molecule has 24 heavy (non-hydrogen) atoms. The third-order valence-electron chi connectivity index (χ3n) is 4.61. The first-order chi connectivity index (χ1) is 11.1. The van der Waals surface area contributed by atoms with E-state index in [1.807, 2.05) is 25.8 Å². The molecule has 0 unspecified atom stereocenters. The van der Waals surface area contributed by atoms with Gasteiger partial charge in [-0.15, -0.1) is 12.4 Å². The van der Waals surface area contributed by atoms with Crippen molar-refractivity contribution in [3.8, 4) is 0 Å². The molecule has 1 aromatic rings. The van der Waals surface area contributed by atoms with Gasteiger partial charge in [-0.1, -0.05) is 0 Å². The number of hydrogen-bond acceptors (Lipinski definition) is 3. The highest BCUT2D eigenvalue weighted by molar-refractivity contribution is 5.97. The minimum absolute atomic E-state index is 0. The fourth-order valence-corrected chi connectivity index (χ4v) is 3.01. The monoisotopic (exact) mass is 353 g/mol. The highest BCUT2D eigenvalue weighted by Gasteiger charge is 2.23. The Morgan fingerprint density at radius 3 is 1.92 bits per heavy atom. The lowest BCUT2D eigenvalue weighted by molar-refractivity contribution is 0.0701. The van der Waals surface area contributed by atoms with Crippen molar-refractivity contribution in [3.63, 3.8) is 0 Å². The van der Waals surface area contributed by atoms with Crippen LogP contribution in [0, 0.1) is 0 Å². The maximum absolute atomic E-state index is 12.6. The quantitative estimate of drug-likeness (QED) is 0.884. The fraction of sp³-hybridized carbons (Fsp3) is 0.556. The number of benzene rings is 1. The van der Waals surface area contributed by atoms with E-state index in [1.165, 1.54) is 0 Å². The van der Waals surface area contributed by atoms with Crippen molar-refractivity contribution in [1.82, 2.24) is 15.1 Å². The lowest BCUT2D eigenvalue weighted by Gasteiger charge is -2.31. The van der Waals surface area contributed by atoms with Crippen LogP contribution in [-0.4, -0.2) is 60.9 Å². The third kappa shape index (κ3) is 4.71. The molecule has 0 saturated carbocycles. The topological polar surface area (TPSA) is 52.7 Å². The van der Waals surface area contributed by atoms with Crippen molar-refractivity contribution in [2.45, 2.75) is 32.7 Å². The molecule has 1 fully saturated rings. The summed E-state index contributed by atoms with van der Waals surface area (Å²) >= 11 is 0. The summed E-state index contributed by atoms with van der Waals surface area (Å²) < 4.78 is 0. The zero-order valence-electron chi connectivity index (χ0n) is 14.7. The number of rotatable bonds is 5. The van der Waals surface area contributed by atoms with Crippen LogP contribution in [0.4, 0.5) is 0 Å². The molecular formula is C18H28ClN3O2. The maximum Gasteiger partial charge on any atom is 0.253 e. The van der Waals surface area contributed by atoms with E-state index >= 15 is 0 Å². The van der Waals surface area contributed by atoms with Gasteiger partial charge in [0.1, 0.15) is 0 Å². The van der Waals surface area contributed by atoms with E-state index in [4.69, 9.17) is 0 Å². The largest absolute Gasteiger partial charge is 0.339 e. The Labute approximate surface area is 150 Å². The molecule has 0 aliphatic carbocycles. The predicted molar refractivity (Wildman–Crippen MR) is 98.9 cm³/mol. The van der Waals surface area contributed by atoms with Gasteiger partial charge in [0.25, 0.3) is 11.8 Å². The average Bonchev–Trinajstić information content (AvgIpc) is 2.62. The number of piperidine rings is 1. The highest BCUT2D eigenvalue weighted by atomic mass is 35.5. The van der Waals surface area contributed by atoms with Crippen LogP contribution in [0.3, 0.4) is 0 Å². The molecule has 1 aromatic carbocycles. The van der Waals surface area contributed by atoms with Crippen LogP contribution >= 0.6 is 12.4 Å². The first-order valence-corrected chi connectivity index (χ1v) is 8.45. The van der Waals surface area contributed by atoms with Crippen LogP contribution in [0.5, 0.6) is 0 Å². The molecule has 0 aromatic heterocycles. The maximum atomic E-state index is 12.6. The number of carbonyl (C=O) groups excluding carboxylic acids is 2. The van der Waals surface area contributed by atoms with E-state index in [1.54, 1.807) is 29.2 Å². The number of amides is 2. The summed E-state index contributed by atoms with van der Waals surface area (Å²) in [6.45, 7) is 7.22. The molecule has 0 atom stereocenters. The van der Waals surface area contributed by atoms with Crippen LogP contribution in [-0.2, 0) is 0 Å². The van der Waals surface area contributed by atoms with E-state index < -0.39 is 0 Å². The van der Waals surface area contributed by atoms with Gasteiger partial charge in [-0.25, -0.2) is 0 Å². The molecule has 1 N–H and O–H groups in total. The Balaban J connectivity index is 0.00000288. The summed E-state index contributed by atoms with van der Waals surface area (Å²) in [6.07, 6.45) is 1.97. The summed E-state index contributed by atoms with van der Waals surface area (Å²) in [5, 5.41) is 3.31. The number of nitrogens with one attached hydrogen (secondary N) is 1. The molecule has 2 amide bonds. The summed E-state index contributed by atoms with van der Waals surface area (Å²) in [5.41, 5.74) is 1.27. The molecule has 1 heterocycles. The molecule has 2 rings (SSSR count). The summed E-state index contributed by atoms with van der Waals surface area (Å²) in [7, 11) is 1.87. The van der Waals surface area contributed by atoms with Gasteiger partial charge in [-0.05, 0) is 64.0 Å². The van der Waals surface area contributed by atoms with E-state index in [0.717, 1.165) is 25.9 Å². The predicted octanol–water partition coefficient (Wildman–Crippen LogP) is 2.41. The molecule has 134 valence electrons. The summed E-state index contributed by atoms with van der Waals surface area (Å²) in [6, 6.07) is 7.32. The Bertz CT molecular complexity index is 538. The van der Waals surface area contributed by atoms with Gasteiger partial charge in [0.2, 0.25) is 0 Å². The molecule has 0 bridgehead atoms. The second-order valence-corrected chi connectivity index (χ2v) is 5.95. The van der Waals surface area contributed by atoms with Crippen LogP contribution < -0.4 is 5.32 Å². The molecule has 6 heteroatoms. The zero-order chi connectivity index (χ0) is 16.8. The normalized spacial score (nSPS) is 14.6. The van der Waals surface area contributed by atoms with Crippen molar-refractivity contribution in [2.75, 3.05) is 33.2 Å². The van der Waals surface area contributed by atoms with Crippen molar-refractivity contribution < 1.29 is 9.59 Å². The number of hydrogen-bond donors (Lipinski definition) is 1. The van der Waals surface area contributed by atoms with E-state index in [9.17, 15) is 9.59 Å². The van der Waals surface area contributed by atoms with Crippen molar-refractivity contribution in [3.05, 3.63) is 35.4 Å². The minimum Gasteiger partial charge on any atom is -0.339 e. The van der Waals surface area contributed by atoms with E-state index in [0.29, 0.717) is 30.3 Å². The molecule has 0 radical (unpaired) electrons. The van der Waals surface area contributed by atoms with E-state index in [-0.39, 0.29) is 24.2 Å². The summed E-state index contributed by atoms with van der Waals surface area (Å²) in [5.74, 6) is 0.0412. The van der Waals surface area contributed by atoms with Gasteiger partial charge in [0, 0.05) is 37.3 Å². The molecule has 1 aliphatic heterocycles. The second-order valence-electron chi connectivity index (χ2n) is 5.95. The van der Waals surface area contributed by atoms with Gasteiger partial charge in [0.05, 0.1) is 0 Å². The highest BCUT2D eigenvalue weighted by Crippen LogP contribution is 2.15. The Morgan fingerprint density at radius 1 is 1.00 bits per heavy atom. The SMILES string of the molecule is CCN(CC)C(=O)c1ccc(C(=O)N(C)C2CCNCC2)cc1.Cl. The molecular weight excluding hydrogens is 326 g/mol. The number of halogens is 1. The van der Waals surface area contributed by atoms with Crippen LogP contribution in [0.25, 0.3) is 0 Å². The van der Waals surface area contributed by atoms with Crippen molar-refractivity contribution in [1.29, 1.82) is 0 Å². The fourth-order valence-electron chi connectivity index (χ4n) is 3.01. The van der Waals surface area contributed by atoms with Gasteiger partial charge in [0.15, 0.2) is 0 Å². The molecule has 1 aliphatic rings. The Kier molecular flexibility index (Phi) is 8.22. The van der Waals surface area contributed by atoms with Crippen molar-refractivity contribution >= 4 is 24.2 Å². The Hall–Kier alpha value is -1.59. The third-order valence-corrected chi connectivity index (χ3v) is 4.61. The van der Waals surface area contributed by atoms with Crippen LogP contribution in [0.2, 0.25) is 0 Å². The van der Waals surface area contributed by atoms with Gasteiger partial charge >= 0.3 is 0 Å². The van der Waals surface area contributed by atoms with Crippen LogP contribution in [0.1, 0.15) is 47.4 Å². The van der Waals surface area contributed by atoms with Crippen LogP contribution in [0.15, 0.2) is 24.3 Å². The number of carbonyl (C=O) groups is 2. The molecule has 0 spiro atoms. The summed E-state index contributed by atoms with van der Waals surface area (Å²) in [4.78, 5) is 28.5.